The first kappa shape index (κ1) is 9.10. The van der Waals surface area contributed by atoms with E-state index >= 15 is 0 Å². The summed E-state index contributed by atoms with van der Waals surface area (Å²) in [6.07, 6.45) is 2.77. The molecular formula is C13H12OS. The van der Waals surface area contributed by atoms with Gasteiger partial charge in [0.2, 0.25) is 0 Å². The van der Waals surface area contributed by atoms with Gasteiger partial charge in [-0.2, -0.15) is 0 Å². The third-order valence-electron chi connectivity index (χ3n) is 3.15. The summed E-state index contributed by atoms with van der Waals surface area (Å²) in [5.74, 6) is 0.317. The van der Waals surface area contributed by atoms with Crippen LogP contribution in [0.3, 0.4) is 0 Å². The summed E-state index contributed by atoms with van der Waals surface area (Å²) in [5.41, 5.74) is 2.36. The molecule has 1 aromatic carbocycles. The van der Waals surface area contributed by atoms with E-state index in [0.717, 1.165) is 18.4 Å². The number of hydrogen-bond donors (Lipinski definition) is 0. The molecule has 0 fully saturated rings. The highest BCUT2D eigenvalue weighted by molar-refractivity contribution is 7.19. The Hall–Kier alpha value is -1.15. The highest BCUT2D eigenvalue weighted by Crippen LogP contribution is 2.36. The van der Waals surface area contributed by atoms with E-state index in [1.165, 1.54) is 20.5 Å². The number of rotatable bonds is 0. The molecule has 3 rings (SSSR count). The number of Topliss-reactive ketones (excluding diaryl/α,β-unsaturated/α-hetero) is 1. The van der Waals surface area contributed by atoms with Gasteiger partial charge in [0.25, 0.3) is 0 Å². The van der Waals surface area contributed by atoms with Gasteiger partial charge in [0.1, 0.15) is 0 Å². The van der Waals surface area contributed by atoms with E-state index in [-0.39, 0.29) is 0 Å². The molecule has 0 saturated heterocycles. The van der Waals surface area contributed by atoms with Crippen molar-refractivity contribution < 1.29 is 4.79 Å². The van der Waals surface area contributed by atoms with Crippen molar-refractivity contribution in [2.45, 2.75) is 26.2 Å². The van der Waals surface area contributed by atoms with E-state index in [2.05, 4.69) is 13.0 Å². The lowest BCUT2D eigenvalue weighted by Gasteiger charge is -1.99. The topological polar surface area (TPSA) is 17.1 Å². The number of ketones is 1. The summed E-state index contributed by atoms with van der Waals surface area (Å²) in [6.45, 7) is 2.17. The number of benzene rings is 1. The molecule has 0 bridgehead atoms. The Morgan fingerprint density at radius 3 is 3.00 bits per heavy atom. The van der Waals surface area contributed by atoms with Gasteiger partial charge < -0.3 is 0 Å². The van der Waals surface area contributed by atoms with E-state index in [9.17, 15) is 4.79 Å². The number of aryl methyl sites for hydroxylation is 2. The zero-order valence-electron chi connectivity index (χ0n) is 8.67. The van der Waals surface area contributed by atoms with Crippen molar-refractivity contribution in [1.82, 2.24) is 0 Å². The van der Waals surface area contributed by atoms with Crippen molar-refractivity contribution in [2.24, 2.45) is 0 Å². The Labute approximate surface area is 92.7 Å². The van der Waals surface area contributed by atoms with Crippen LogP contribution in [-0.2, 0) is 6.42 Å². The second-order valence-corrected chi connectivity index (χ2v) is 5.35. The molecule has 2 heteroatoms. The zero-order chi connectivity index (χ0) is 10.4. The van der Waals surface area contributed by atoms with Crippen LogP contribution in [0.25, 0.3) is 10.1 Å². The van der Waals surface area contributed by atoms with Gasteiger partial charge in [-0.1, -0.05) is 12.1 Å². The van der Waals surface area contributed by atoms with Crippen LogP contribution in [0.4, 0.5) is 0 Å². The first-order chi connectivity index (χ1) is 7.27. The molecule has 0 unspecified atom stereocenters. The summed E-state index contributed by atoms with van der Waals surface area (Å²) >= 11 is 1.82. The molecule has 76 valence electrons. The zero-order valence-corrected chi connectivity index (χ0v) is 9.49. The third-order valence-corrected chi connectivity index (χ3v) is 4.26. The highest BCUT2D eigenvalue weighted by Gasteiger charge is 2.19. The Bertz CT molecular complexity index is 551. The maximum absolute atomic E-state index is 11.9. The normalized spacial score (nSPS) is 15.7. The van der Waals surface area contributed by atoms with Crippen LogP contribution in [0.1, 0.15) is 33.6 Å². The average molecular weight is 216 g/mol. The van der Waals surface area contributed by atoms with Crippen molar-refractivity contribution in [2.75, 3.05) is 0 Å². The van der Waals surface area contributed by atoms with Crippen molar-refractivity contribution in [1.29, 1.82) is 0 Å². The standard InChI is InChI=1S/C13H12OS/c1-8-9-4-2-6-11(14)10-5-3-7-12(15-8)13(9)10/h3,5,7H,2,4,6H2,1H3. The monoisotopic (exact) mass is 216 g/mol. The van der Waals surface area contributed by atoms with Crippen LogP contribution in [0.5, 0.6) is 0 Å². The smallest absolute Gasteiger partial charge is 0.163 e. The van der Waals surface area contributed by atoms with Gasteiger partial charge in [-0.05, 0) is 31.4 Å². The average Bonchev–Trinajstić information content (AvgIpc) is 2.43. The van der Waals surface area contributed by atoms with E-state index in [4.69, 9.17) is 0 Å². The predicted molar refractivity (Wildman–Crippen MR) is 63.8 cm³/mol. The Kier molecular flexibility index (Phi) is 1.93. The molecule has 0 atom stereocenters. The molecule has 1 aromatic heterocycles. The van der Waals surface area contributed by atoms with Crippen molar-refractivity contribution in [3.05, 3.63) is 34.2 Å². The minimum absolute atomic E-state index is 0.317. The van der Waals surface area contributed by atoms with Crippen LogP contribution < -0.4 is 0 Å². The minimum Gasteiger partial charge on any atom is -0.294 e. The van der Waals surface area contributed by atoms with Crippen LogP contribution in [0.2, 0.25) is 0 Å². The Morgan fingerprint density at radius 2 is 2.13 bits per heavy atom. The highest BCUT2D eigenvalue weighted by atomic mass is 32.1. The van der Waals surface area contributed by atoms with Gasteiger partial charge in [0.15, 0.2) is 5.78 Å². The Balaban J connectivity index is 2.47. The van der Waals surface area contributed by atoms with Gasteiger partial charge in [-0.15, -0.1) is 11.3 Å². The van der Waals surface area contributed by atoms with Crippen LogP contribution in [-0.4, -0.2) is 5.78 Å². The summed E-state index contributed by atoms with van der Waals surface area (Å²) in [6, 6.07) is 6.10. The first-order valence-electron chi connectivity index (χ1n) is 5.31. The van der Waals surface area contributed by atoms with Crippen molar-refractivity contribution >= 4 is 27.2 Å². The van der Waals surface area contributed by atoms with E-state index < -0.39 is 0 Å². The second kappa shape index (κ2) is 3.17. The second-order valence-electron chi connectivity index (χ2n) is 4.09. The minimum atomic E-state index is 0.317. The van der Waals surface area contributed by atoms with Gasteiger partial charge in [0.05, 0.1) is 0 Å². The lowest BCUT2D eigenvalue weighted by atomic mass is 10.0. The van der Waals surface area contributed by atoms with Crippen molar-refractivity contribution in [3.63, 3.8) is 0 Å². The lowest BCUT2D eigenvalue weighted by Crippen LogP contribution is -1.96. The molecule has 0 amide bonds. The number of carbonyl (C=O) groups is 1. The van der Waals surface area contributed by atoms with Crippen LogP contribution in [0, 0.1) is 6.92 Å². The molecule has 0 spiro atoms. The summed E-state index contributed by atoms with van der Waals surface area (Å²) in [7, 11) is 0. The third kappa shape index (κ3) is 1.25. The van der Waals surface area contributed by atoms with Gasteiger partial charge in [-0.25, -0.2) is 0 Å². The van der Waals surface area contributed by atoms with E-state index in [1.54, 1.807) is 0 Å². The fourth-order valence-corrected chi connectivity index (χ4v) is 3.56. The summed E-state index contributed by atoms with van der Waals surface area (Å²) in [4.78, 5) is 13.3. The predicted octanol–water partition coefficient (Wildman–Crippen LogP) is 3.73. The molecule has 15 heavy (non-hydrogen) atoms. The molecule has 1 nitrogen and oxygen atoms in total. The maximum atomic E-state index is 11.9. The SMILES string of the molecule is Cc1sc2cccc3c2c1CCCC3=O. The summed E-state index contributed by atoms with van der Waals surface area (Å²) < 4.78 is 1.27. The van der Waals surface area contributed by atoms with Crippen LogP contribution in [0.15, 0.2) is 18.2 Å². The fourth-order valence-electron chi connectivity index (χ4n) is 2.42. The first-order valence-corrected chi connectivity index (χ1v) is 6.13. The number of hydrogen-bond acceptors (Lipinski definition) is 2. The number of thiophene rings is 1. The Morgan fingerprint density at radius 1 is 1.27 bits per heavy atom. The number of carbonyl (C=O) groups excluding carboxylic acids is 1. The molecule has 1 aliphatic carbocycles. The molecule has 0 radical (unpaired) electrons. The lowest BCUT2D eigenvalue weighted by molar-refractivity contribution is 0.0983. The van der Waals surface area contributed by atoms with E-state index in [1.807, 2.05) is 23.5 Å². The fraction of sp³-hybridized carbons (Fsp3) is 0.308. The quantitative estimate of drug-likeness (QED) is 0.655. The molecule has 0 aliphatic heterocycles. The molecule has 0 saturated carbocycles. The largest absolute Gasteiger partial charge is 0.294 e. The molecule has 1 aliphatic rings. The van der Waals surface area contributed by atoms with Crippen molar-refractivity contribution in [3.8, 4) is 0 Å². The maximum Gasteiger partial charge on any atom is 0.163 e. The molecule has 2 aromatic rings. The van der Waals surface area contributed by atoms with Gasteiger partial charge in [0, 0.05) is 26.9 Å². The van der Waals surface area contributed by atoms with Gasteiger partial charge >= 0.3 is 0 Å². The van der Waals surface area contributed by atoms with Gasteiger partial charge in [-0.3, -0.25) is 4.79 Å². The summed E-state index contributed by atoms with van der Waals surface area (Å²) in [5, 5.41) is 1.24. The molecule has 0 N–H and O–H groups in total. The molecule has 1 heterocycles. The molecular weight excluding hydrogens is 204 g/mol. The van der Waals surface area contributed by atoms with Crippen LogP contribution >= 0.6 is 11.3 Å². The van der Waals surface area contributed by atoms with E-state index in [0.29, 0.717) is 12.2 Å².